The van der Waals surface area contributed by atoms with Crippen molar-refractivity contribution in [1.29, 1.82) is 0 Å². The van der Waals surface area contributed by atoms with Crippen LogP contribution in [0.5, 0.6) is 5.75 Å². The van der Waals surface area contributed by atoms with Crippen LogP contribution >= 0.6 is 0 Å². The lowest BCUT2D eigenvalue weighted by molar-refractivity contribution is -0.175. The first kappa shape index (κ1) is 15.3. The Hall–Kier alpha value is -1.71. The van der Waals surface area contributed by atoms with Gasteiger partial charge in [0, 0.05) is 0 Å². The summed E-state index contributed by atoms with van der Waals surface area (Å²) in [5, 5.41) is 8.60. The molecular formula is C13H13F3O3. The SMILES string of the molecule is OCC#Cc1ccccc1OCCOCC(F)(F)F. The third-order valence-electron chi connectivity index (χ3n) is 1.94. The highest BCUT2D eigenvalue weighted by Crippen LogP contribution is 2.17. The molecule has 0 saturated carbocycles. The van der Waals surface area contributed by atoms with Gasteiger partial charge >= 0.3 is 6.18 Å². The number of aliphatic hydroxyl groups excluding tert-OH is 1. The molecule has 0 atom stereocenters. The Kier molecular flexibility index (Phi) is 6.19. The van der Waals surface area contributed by atoms with E-state index in [0.29, 0.717) is 11.3 Å². The minimum atomic E-state index is -4.33. The molecule has 1 rings (SSSR count). The summed E-state index contributed by atoms with van der Waals surface area (Å²) in [7, 11) is 0. The van der Waals surface area contributed by atoms with Gasteiger partial charge in [-0.25, -0.2) is 0 Å². The van der Waals surface area contributed by atoms with Crippen LogP contribution in [-0.4, -0.2) is 37.7 Å². The van der Waals surface area contributed by atoms with Gasteiger partial charge in [0.15, 0.2) is 0 Å². The Morgan fingerprint density at radius 2 is 1.89 bits per heavy atom. The maximum absolute atomic E-state index is 11.8. The number of hydrogen-bond acceptors (Lipinski definition) is 3. The van der Waals surface area contributed by atoms with E-state index < -0.39 is 12.8 Å². The van der Waals surface area contributed by atoms with E-state index in [1.165, 1.54) is 0 Å². The lowest BCUT2D eigenvalue weighted by atomic mass is 10.2. The number of para-hydroxylation sites is 1. The highest BCUT2D eigenvalue weighted by molar-refractivity contribution is 5.45. The lowest BCUT2D eigenvalue weighted by Crippen LogP contribution is -2.19. The van der Waals surface area contributed by atoms with E-state index in [0.717, 1.165) is 0 Å². The van der Waals surface area contributed by atoms with E-state index >= 15 is 0 Å². The average Bonchev–Trinajstić information content (AvgIpc) is 2.36. The first-order valence-electron chi connectivity index (χ1n) is 5.49. The first-order valence-corrected chi connectivity index (χ1v) is 5.49. The van der Waals surface area contributed by atoms with Crippen molar-refractivity contribution in [1.82, 2.24) is 0 Å². The quantitative estimate of drug-likeness (QED) is 0.659. The second kappa shape index (κ2) is 7.67. The number of halogens is 3. The van der Waals surface area contributed by atoms with Crippen LogP contribution in [0.25, 0.3) is 0 Å². The van der Waals surface area contributed by atoms with Crippen LogP contribution in [0, 0.1) is 11.8 Å². The normalized spacial score (nSPS) is 10.7. The summed E-state index contributed by atoms with van der Waals surface area (Å²) in [6, 6.07) is 6.80. The first-order chi connectivity index (χ1) is 9.03. The number of benzene rings is 1. The Balaban J connectivity index is 2.41. The Morgan fingerprint density at radius 3 is 2.58 bits per heavy atom. The van der Waals surface area contributed by atoms with Gasteiger partial charge in [0.2, 0.25) is 0 Å². The zero-order valence-corrected chi connectivity index (χ0v) is 10.0. The second-order valence-electron chi connectivity index (χ2n) is 3.47. The molecule has 0 saturated heterocycles. The fourth-order valence-electron chi connectivity index (χ4n) is 1.23. The van der Waals surface area contributed by atoms with Gasteiger partial charge in [0.1, 0.15) is 25.6 Å². The van der Waals surface area contributed by atoms with E-state index in [2.05, 4.69) is 16.6 Å². The minimum Gasteiger partial charge on any atom is -0.490 e. The van der Waals surface area contributed by atoms with E-state index in [-0.39, 0.29) is 19.8 Å². The van der Waals surface area contributed by atoms with Crippen molar-refractivity contribution in [2.24, 2.45) is 0 Å². The summed E-state index contributed by atoms with van der Waals surface area (Å²) in [4.78, 5) is 0. The molecule has 0 heterocycles. The van der Waals surface area contributed by atoms with E-state index in [1.54, 1.807) is 24.3 Å². The number of alkyl halides is 3. The third kappa shape index (κ3) is 6.70. The van der Waals surface area contributed by atoms with Crippen LogP contribution in [0.3, 0.4) is 0 Å². The van der Waals surface area contributed by atoms with Crippen LogP contribution < -0.4 is 4.74 Å². The Morgan fingerprint density at radius 1 is 1.16 bits per heavy atom. The maximum atomic E-state index is 11.8. The molecule has 19 heavy (non-hydrogen) atoms. The Labute approximate surface area is 109 Å². The van der Waals surface area contributed by atoms with Crippen LogP contribution in [-0.2, 0) is 4.74 Å². The summed E-state index contributed by atoms with van der Waals surface area (Å²) in [6.07, 6.45) is -4.33. The largest absolute Gasteiger partial charge is 0.490 e. The van der Waals surface area contributed by atoms with Gasteiger partial charge in [-0.2, -0.15) is 13.2 Å². The zero-order valence-electron chi connectivity index (χ0n) is 10.0. The molecule has 0 aliphatic heterocycles. The number of aliphatic hydroxyl groups is 1. The van der Waals surface area contributed by atoms with Crippen LogP contribution in [0.4, 0.5) is 13.2 Å². The van der Waals surface area contributed by atoms with E-state index in [9.17, 15) is 13.2 Å². The van der Waals surface area contributed by atoms with Crippen LogP contribution in [0.2, 0.25) is 0 Å². The molecule has 0 fully saturated rings. The molecule has 1 aromatic carbocycles. The fourth-order valence-corrected chi connectivity index (χ4v) is 1.23. The summed E-state index contributed by atoms with van der Waals surface area (Å²) in [6.45, 7) is -1.74. The molecule has 0 aliphatic rings. The summed E-state index contributed by atoms with van der Waals surface area (Å²) < 4.78 is 45.1. The van der Waals surface area contributed by atoms with Crippen molar-refractivity contribution in [3.05, 3.63) is 29.8 Å². The van der Waals surface area contributed by atoms with Crippen molar-refractivity contribution in [2.75, 3.05) is 26.4 Å². The molecule has 0 amide bonds. The summed E-state index contributed by atoms with van der Waals surface area (Å²) >= 11 is 0. The lowest BCUT2D eigenvalue weighted by Gasteiger charge is -2.10. The molecule has 0 aliphatic carbocycles. The van der Waals surface area contributed by atoms with Gasteiger partial charge in [0.25, 0.3) is 0 Å². The van der Waals surface area contributed by atoms with E-state index in [4.69, 9.17) is 9.84 Å². The van der Waals surface area contributed by atoms with Gasteiger partial charge in [-0.15, -0.1) is 0 Å². The fraction of sp³-hybridized carbons (Fsp3) is 0.385. The van der Waals surface area contributed by atoms with Crippen LogP contribution in [0.1, 0.15) is 5.56 Å². The minimum absolute atomic E-state index is 0.00605. The zero-order chi connectivity index (χ0) is 14.1. The molecule has 1 N–H and O–H groups in total. The third-order valence-corrected chi connectivity index (χ3v) is 1.94. The van der Waals surface area contributed by atoms with Crippen molar-refractivity contribution < 1.29 is 27.8 Å². The van der Waals surface area contributed by atoms with Crippen molar-refractivity contribution in [2.45, 2.75) is 6.18 Å². The number of rotatable bonds is 5. The highest BCUT2D eigenvalue weighted by atomic mass is 19.4. The summed E-state index contributed by atoms with van der Waals surface area (Å²) in [5.74, 6) is 5.60. The molecule has 0 spiro atoms. The molecular weight excluding hydrogens is 261 g/mol. The maximum Gasteiger partial charge on any atom is 0.411 e. The van der Waals surface area contributed by atoms with Gasteiger partial charge in [-0.05, 0) is 12.1 Å². The van der Waals surface area contributed by atoms with Gasteiger partial charge in [-0.3, -0.25) is 0 Å². The Bertz CT molecular complexity index is 446. The molecule has 1 aromatic rings. The molecule has 0 bridgehead atoms. The monoisotopic (exact) mass is 274 g/mol. The molecule has 0 aromatic heterocycles. The molecule has 104 valence electrons. The summed E-state index contributed by atoms with van der Waals surface area (Å²) in [5.41, 5.74) is 0.562. The predicted octanol–water partition coefficient (Wildman–Crippen LogP) is 1.99. The van der Waals surface area contributed by atoms with Gasteiger partial charge in [-0.1, -0.05) is 24.0 Å². The second-order valence-corrected chi connectivity index (χ2v) is 3.47. The molecule has 6 heteroatoms. The van der Waals surface area contributed by atoms with Gasteiger partial charge < -0.3 is 14.6 Å². The topological polar surface area (TPSA) is 38.7 Å². The van der Waals surface area contributed by atoms with Crippen molar-refractivity contribution in [3.8, 4) is 17.6 Å². The standard InChI is InChI=1S/C13H13F3O3/c14-13(15,16)10-18-8-9-19-12-6-2-1-4-11(12)5-3-7-17/h1-2,4,6,17H,7-10H2. The molecule has 3 nitrogen and oxygen atoms in total. The predicted molar refractivity (Wildman–Crippen MR) is 62.8 cm³/mol. The van der Waals surface area contributed by atoms with E-state index in [1.807, 2.05) is 0 Å². The van der Waals surface area contributed by atoms with Gasteiger partial charge in [0.05, 0.1) is 12.2 Å². The van der Waals surface area contributed by atoms with Crippen LogP contribution in [0.15, 0.2) is 24.3 Å². The van der Waals surface area contributed by atoms with Crippen molar-refractivity contribution >= 4 is 0 Å². The molecule has 0 radical (unpaired) electrons. The molecule has 0 unspecified atom stereocenters. The van der Waals surface area contributed by atoms with Crippen molar-refractivity contribution in [3.63, 3.8) is 0 Å². The number of hydrogen-bond donors (Lipinski definition) is 1. The highest BCUT2D eigenvalue weighted by Gasteiger charge is 2.27. The average molecular weight is 274 g/mol. The smallest absolute Gasteiger partial charge is 0.411 e. The number of ether oxygens (including phenoxy) is 2.